The van der Waals surface area contributed by atoms with E-state index in [0.29, 0.717) is 5.92 Å². The second-order valence-electron chi connectivity index (χ2n) is 6.31. The van der Waals surface area contributed by atoms with Gasteiger partial charge in [-0.05, 0) is 30.4 Å². The molecule has 1 aliphatic heterocycles. The maximum Gasteiger partial charge on any atom is 0.200 e. The molecule has 0 aliphatic carbocycles. The molecule has 0 spiro atoms. The Bertz CT molecular complexity index is 416. The van der Waals surface area contributed by atoms with Crippen molar-refractivity contribution >= 4 is 0 Å². The molecule has 0 saturated heterocycles. The SMILES string of the molecule is CCCCCC1c2ccccc2O[C@@H](O)[C@H]1CCCCC. The monoisotopic (exact) mass is 290 g/mol. The van der Waals surface area contributed by atoms with Crippen LogP contribution in [0.15, 0.2) is 24.3 Å². The van der Waals surface area contributed by atoms with Crippen LogP contribution >= 0.6 is 0 Å². The van der Waals surface area contributed by atoms with Crippen molar-refractivity contribution < 1.29 is 9.84 Å². The number of rotatable bonds is 8. The number of benzene rings is 1. The van der Waals surface area contributed by atoms with Crippen LogP contribution in [0.3, 0.4) is 0 Å². The molecule has 0 saturated carbocycles. The molecule has 1 aromatic carbocycles. The first-order valence-corrected chi connectivity index (χ1v) is 8.71. The second-order valence-corrected chi connectivity index (χ2v) is 6.31. The van der Waals surface area contributed by atoms with Gasteiger partial charge in [0.15, 0.2) is 0 Å². The summed E-state index contributed by atoms with van der Waals surface area (Å²) in [6.07, 6.45) is 9.02. The quantitative estimate of drug-likeness (QED) is 0.662. The minimum atomic E-state index is -0.636. The van der Waals surface area contributed by atoms with Crippen LogP contribution in [0, 0.1) is 5.92 Å². The van der Waals surface area contributed by atoms with Gasteiger partial charge in [-0.2, -0.15) is 0 Å². The minimum Gasteiger partial charge on any atom is -0.465 e. The fourth-order valence-electron chi connectivity index (χ4n) is 3.50. The lowest BCUT2D eigenvalue weighted by Crippen LogP contribution is -2.36. The highest BCUT2D eigenvalue weighted by Crippen LogP contribution is 2.44. The predicted molar refractivity (Wildman–Crippen MR) is 87.6 cm³/mol. The third-order valence-corrected chi connectivity index (χ3v) is 4.71. The van der Waals surface area contributed by atoms with Crippen molar-refractivity contribution in [1.29, 1.82) is 0 Å². The molecule has 0 aromatic heterocycles. The van der Waals surface area contributed by atoms with E-state index in [2.05, 4.69) is 26.0 Å². The van der Waals surface area contributed by atoms with Gasteiger partial charge in [-0.3, -0.25) is 0 Å². The molecule has 0 amide bonds. The molecule has 0 bridgehead atoms. The summed E-state index contributed by atoms with van der Waals surface area (Å²) in [6, 6.07) is 8.26. The van der Waals surface area contributed by atoms with Crippen LogP contribution in [0.4, 0.5) is 0 Å². The smallest absolute Gasteiger partial charge is 0.200 e. The van der Waals surface area contributed by atoms with Crippen molar-refractivity contribution in [3.63, 3.8) is 0 Å². The Labute approximate surface area is 129 Å². The highest BCUT2D eigenvalue weighted by molar-refractivity contribution is 5.38. The first kappa shape index (κ1) is 16.4. The number of aliphatic hydroxyl groups excluding tert-OH is 1. The van der Waals surface area contributed by atoms with Crippen LogP contribution in [0.5, 0.6) is 5.75 Å². The van der Waals surface area contributed by atoms with Crippen LogP contribution < -0.4 is 4.74 Å². The molecule has 1 heterocycles. The highest BCUT2D eigenvalue weighted by Gasteiger charge is 2.36. The molecular formula is C19H30O2. The van der Waals surface area contributed by atoms with E-state index in [-0.39, 0.29) is 5.92 Å². The summed E-state index contributed by atoms with van der Waals surface area (Å²) in [4.78, 5) is 0. The molecule has 3 atom stereocenters. The normalized spacial score (nSPS) is 24.4. The van der Waals surface area contributed by atoms with Gasteiger partial charge >= 0.3 is 0 Å². The van der Waals surface area contributed by atoms with E-state index in [9.17, 15) is 5.11 Å². The largest absolute Gasteiger partial charge is 0.465 e. The molecule has 1 aromatic rings. The van der Waals surface area contributed by atoms with Crippen molar-refractivity contribution in [3.05, 3.63) is 29.8 Å². The Morgan fingerprint density at radius 3 is 2.33 bits per heavy atom. The highest BCUT2D eigenvalue weighted by atomic mass is 16.6. The lowest BCUT2D eigenvalue weighted by Gasteiger charge is -2.37. The summed E-state index contributed by atoms with van der Waals surface area (Å²) < 4.78 is 5.77. The number of hydrogen-bond acceptors (Lipinski definition) is 2. The maximum atomic E-state index is 10.4. The Morgan fingerprint density at radius 2 is 1.62 bits per heavy atom. The van der Waals surface area contributed by atoms with Crippen molar-refractivity contribution in [3.8, 4) is 5.75 Å². The lowest BCUT2D eigenvalue weighted by molar-refractivity contribution is -0.0871. The topological polar surface area (TPSA) is 29.5 Å². The van der Waals surface area contributed by atoms with E-state index < -0.39 is 6.29 Å². The van der Waals surface area contributed by atoms with Crippen LogP contribution in [0.1, 0.15) is 76.7 Å². The Balaban J connectivity index is 2.12. The Morgan fingerprint density at radius 1 is 0.952 bits per heavy atom. The van der Waals surface area contributed by atoms with Crippen LogP contribution in [0.2, 0.25) is 0 Å². The standard InChI is InChI=1S/C19H30O2/c1-3-5-7-11-15-16-12-9-10-14-18(16)21-19(20)17(15)13-8-6-4-2/h9-10,12,14-15,17,19-20H,3-8,11,13H2,1-2H3/t15?,17-,19+/m0/s1. The van der Waals surface area contributed by atoms with Gasteiger partial charge in [0.25, 0.3) is 0 Å². The van der Waals surface area contributed by atoms with Gasteiger partial charge in [-0.1, -0.05) is 70.6 Å². The van der Waals surface area contributed by atoms with Crippen molar-refractivity contribution in [2.75, 3.05) is 0 Å². The van der Waals surface area contributed by atoms with Crippen LogP contribution in [-0.2, 0) is 0 Å². The van der Waals surface area contributed by atoms with Crippen LogP contribution in [-0.4, -0.2) is 11.4 Å². The first-order chi connectivity index (χ1) is 10.3. The molecule has 0 fully saturated rings. The summed E-state index contributed by atoms with van der Waals surface area (Å²) in [5.41, 5.74) is 1.31. The summed E-state index contributed by atoms with van der Waals surface area (Å²) in [5, 5.41) is 10.4. The molecular weight excluding hydrogens is 260 g/mol. The Hall–Kier alpha value is -1.02. The summed E-state index contributed by atoms with van der Waals surface area (Å²) in [6.45, 7) is 4.47. The van der Waals surface area contributed by atoms with E-state index in [1.54, 1.807) is 0 Å². The number of hydrogen-bond donors (Lipinski definition) is 1. The first-order valence-electron chi connectivity index (χ1n) is 8.71. The number of unbranched alkanes of at least 4 members (excludes halogenated alkanes) is 4. The number of fused-ring (bicyclic) bond motifs is 1. The molecule has 2 heteroatoms. The molecule has 2 rings (SSSR count). The van der Waals surface area contributed by atoms with Gasteiger partial charge in [-0.25, -0.2) is 0 Å². The van der Waals surface area contributed by atoms with Gasteiger partial charge in [0.05, 0.1) is 0 Å². The fourth-order valence-corrected chi connectivity index (χ4v) is 3.50. The third-order valence-electron chi connectivity index (χ3n) is 4.71. The van der Waals surface area contributed by atoms with Crippen molar-refractivity contribution in [2.24, 2.45) is 5.92 Å². The zero-order valence-corrected chi connectivity index (χ0v) is 13.6. The fraction of sp³-hybridized carbons (Fsp3) is 0.684. The van der Waals surface area contributed by atoms with Crippen molar-refractivity contribution in [2.45, 2.75) is 77.4 Å². The second kappa shape index (κ2) is 8.43. The number of para-hydroxylation sites is 1. The van der Waals surface area contributed by atoms with Crippen LogP contribution in [0.25, 0.3) is 0 Å². The molecule has 21 heavy (non-hydrogen) atoms. The molecule has 1 N–H and O–H groups in total. The average Bonchev–Trinajstić information content (AvgIpc) is 2.49. The molecule has 0 radical (unpaired) electrons. The molecule has 1 aliphatic rings. The zero-order chi connectivity index (χ0) is 15.1. The molecule has 2 nitrogen and oxygen atoms in total. The van der Waals surface area contributed by atoms with Crippen molar-refractivity contribution in [1.82, 2.24) is 0 Å². The third kappa shape index (κ3) is 4.23. The van der Waals surface area contributed by atoms with Gasteiger partial charge in [0.1, 0.15) is 5.75 Å². The summed E-state index contributed by atoms with van der Waals surface area (Å²) in [5.74, 6) is 1.59. The van der Waals surface area contributed by atoms with E-state index in [1.807, 2.05) is 12.1 Å². The van der Waals surface area contributed by atoms with Gasteiger partial charge < -0.3 is 9.84 Å². The summed E-state index contributed by atoms with van der Waals surface area (Å²) in [7, 11) is 0. The van der Waals surface area contributed by atoms with Gasteiger partial charge in [0, 0.05) is 5.92 Å². The van der Waals surface area contributed by atoms with E-state index in [0.717, 1.165) is 12.2 Å². The Kier molecular flexibility index (Phi) is 6.56. The predicted octanol–water partition coefficient (Wildman–Crippen LogP) is 5.26. The minimum absolute atomic E-state index is 0.253. The number of aliphatic hydroxyl groups is 1. The van der Waals surface area contributed by atoms with E-state index in [4.69, 9.17) is 4.74 Å². The van der Waals surface area contributed by atoms with Gasteiger partial charge in [-0.15, -0.1) is 0 Å². The molecule has 118 valence electrons. The maximum absolute atomic E-state index is 10.4. The molecule has 1 unspecified atom stereocenters. The van der Waals surface area contributed by atoms with Gasteiger partial charge in [0.2, 0.25) is 6.29 Å². The lowest BCUT2D eigenvalue weighted by atomic mass is 9.77. The number of ether oxygens (including phenoxy) is 1. The average molecular weight is 290 g/mol. The van der Waals surface area contributed by atoms with E-state index >= 15 is 0 Å². The summed E-state index contributed by atoms with van der Waals surface area (Å²) >= 11 is 0. The van der Waals surface area contributed by atoms with E-state index in [1.165, 1.54) is 50.5 Å². The zero-order valence-electron chi connectivity index (χ0n) is 13.6.